The quantitative estimate of drug-likeness (QED) is 0.710. The van der Waals surface area contributed by atoms with E-state index in [1.807, 2.05) is 0 Å². The average Bonchev–Trinajstić information content (AvgIpc) is 2.22. The van der Waals surface area contributed by atoms with Gasteiger partial charge in [0.1, 0.15) is 5.82 Å². The van der Waals surface area contributed by atoms with Gasteiger partial charge >= 0.3 is 0 Å². The Morgan fingerprint density at radius 2 is 2.40 bits per heavy atom. The first-order valence-corrected chi connectivity index (χ1v) is 4.72. The number of aromatic nitrogens is 1. The first-order chi connectivity index (χ1) is 7.22. The number of anilines is 2. The van der Waals surface area contributed by atoms with Crippen molar-refractivity contribution in [2.75, 3.05) is 24.8 Å². The lowest BCUT2D eigenvalue weighted by molar-refractivity contribution is -0.116. The molecule has 1 aromatic rings. The van der Waals surface area contributed by atoms with Gasteiger partial charge < -0.3 is 15.8 Å². The van der Waals surface area contributed by atoms with E-state index in [4.69, 9.17) is 10.5 Å². The summed E-state index contributed by atoms with van der Waals surface area (Å²) in [7, 11) is 1.61. The first-order valence-electron chi connectivity index (χ1n) is 4.72. The van der Waals surface area contributed by atoms with Crippen LogP contribution in [0.4, 0.5) is 11.5 Å². The minimum atomic E-state index is -0.0654. The largest absolute Gasteiger partial charge is 0.397 e. The van der Waals surface area contributed by atoms with Gasteiger partial charge in [0.25, 0.3) is 0 Å². The van der Waals surface area contributed by atoms with Crippen LogP contribution < -0.4 is 11.1 Å². The van der Waals surface area contributed by atoms with Crippen molar-refractivity contribution >= 4 is 17.4 Å². The Hall–Kier alpha value is -1.62. The fourth-order valence-electron chi connectivity index (χ4n) is 1.06. The number of amides is 1. The third-order valence-electron chi connectivity index (χ3n) is 1.81. The molecule has 1 aromatic heterocycles. The highest BCUT2D eigenvalue weighted by atomic mass is 16.5. The van der Waals surface area contributed by atoms with Crippen LogP contribution in [0.1, 0.15) is 12.8 Å². The summed E-state index contributed by atoms with van der Waals surface area (Å²) < 4.78 is 4.85. The highest BCUT2D eigenvalue weighted by Gasteiger charge is 2.02. The number of nitrogens with one attached hydrogen (secondary N) is 1. The van der Waals surface area contributed by atoms with Gasteiger partial charge in [-0.2, -0.15) is 0 Å². The number of hydrogen-bond donors (Lipinski definition) is 2. The van der Waals surface area contributed by atoms with E-state index in [9.17, 15) is 4.79 Å². The zero-order chi connectivity index (χ0) is 11.1. The van der Waals surface area contributed by atoms with E-state index >= 15 is 0 Å². The third kappa shape index (κ3) is 4.42. The van der Waals surface area contributed by atoms with Gasteiger partial charge in [0.05, 0.1) is 11.9 Å². The number of methoxy groups -OCH3 is 1. The average molecular weight is 209 g/mol. The van der Waals surface area contributed by atoms with Crippen molar-refractivity contribution in [1.29, 1.82) is 0 Å². The van der Waals surface area contributed by atoms with Crippen LogP contribution >= 0.6 is 0 Å². The molecule has 0 aliphatic heterocycles. The highest BCUT2D eigenvalue weighted by Crippen LogP contribution is 2.06. The first kappa shape index (κ1) is 11.5. The third-order valence-corrected chi connectivity index (χ3v) is 1.81. The van der Waals surface area contributed by atoms with Crippen molar-refractivity contribution in [2.45, 2.75) is 12.8 Å². The summed E-state index contributed by atoms with van der Waals surface area (Å²) >= 11 is 0. The second-order valence-corrected chi connectivity index (χ2v) is 3.12. The van der Waals surface area contributed by atoms with Crippen LogP contribution in [0.25, 0.3) is 0 Å². The molecular formula is C10H15N3O2. The molecule has 1 heterocycles. The molecule has 5 nitrogen and oxygen atoms in total. The Labute approximate surface area is 88.6 Å². The summed E-state index contributed by atoms with van der Waals surface area (Å²) in [5, 5.41) is 2.67. The molecular weight excluding hydrogens is 194 g/mol. The van der Waals surface area contributed by atoms with Gasteiger partial charge in [0.2, 0.25) is 5.91 Å². The summed E-state index contributed by atoms with van der Waals surface area (Å²) in [6, 6.07) is 3.36. The smallest absolute Gasteiger partial charge is 0.225 e. The molecule has 0 saturated carbocycles. The Morgan fingerprint density at radius 3 is 3.00 bits per heavy atom. The number of rotatable bonds is 5. The molecule has 3 N–H and O–H groups in total. The van der Waals surface area contributed by atoms with Gasteiger partial charge in [-0.25, -0.2) is 4.98 Å². The van der Waals surface area contributed by atoms with Crippen molar-refractivity contribution in [2.24, 2.45) is 0 Å². The van der Waals surface area contributed by atoms with Crippen LogP contribution in [0, 0.1) is 0 Å². The monoisotopic (exact) mass is 209 g/mol. The van der Waals surface area contributed by atoms with Crippen molar-refractivity contribution in [3.05, 3.63) is 18.3 Å². The Balaban J connectivity index is 2.34. The van der Waals surface area contributed by atoms with Gasteiger partial charge in [0, 0.05) is 20.1 Å². The lowest BCUT2D eigenvalue weighted by Crippen LogP contribution is -2.13. The molecule has 0 radical (unpaired) electrons. The zero-order valence-electron chi connectivity index (χ0n) is 8.69. The van der Waals surface area contributed by atoms with Crippen LogP contribution in [-0.2, 0) is 9.53 Å². The maximum atomic E-state index is 11.3. The Kier molecular flexibility index (Phi) is 4.56. The van der Waals surface area contributed by atoms with Gasteiger partial charge in [-0.05, 0) is 18.6 Å². The van der Waals surface area contributed by atoms with Crippen LogP contribution in [0.3, 0.4) is 0 Å². The standard InChI is InChI=1S/C10H15N3O2/c1-15-6-2-3-10(14)13-9-5-4-8(11)7-12-9/h4-5,7H,2-3,6,11H2,1H3,(H,12,13,14). The second kappa shape index (κ2) is 5.98. The predicted molar refractivity (Wildman–Crippen MR) is 58.4 cm³/mol. The molecule has 0 aliphatic rings. The van der Waals surface area contributed by atoms with E-state index in [0.717, 1.165) is 0 Å². The summed E-state index contributed by atoms with van der Waals surface area (Å²) in [5.41, 5.74) is 6.04. The summed E-state index contributed by atoms with van der Waals surface area (Å²) in [6.07, 6.45) is 2.64. The minimum Gasteiger partial charge on any atom is -0.397 e. The topological polar surface area (TPSA) is 77.2 Å². The van der Waals surface area contributed by atoms with Crippen LogP contribution in [0.15, 0.2) is 18.3 Å². The Bertz CT molecular complexity index is 311. The van der Waals surface area contributed by atoms with Gasteiger partial charge in [-0.3, -0.25) is 4.79 Å². The predicted octanol–water partition coefficient (Wildman–Crippen LogP) is 1.03. The number of nitrogens with two attached hydrogens (primary N) is 1. The van der Waals surface area contributed by atoms with Gasteiger partial charge in [-0.15, -0.1) is 0 Å². The van der Waals surface area contributed by atoms with E-state index in [1.165, 1.54) is 6.20 Å². The van der Waals surface area contributed by atoms with Crippen molar-refractivity contribution < 1.29 is 9.53 Å². The summed E-state index contributed by atoms with van der Waals surface area (Å²) in [4.78, 5) is 15.3. The SMILES string of the molecule is COCCCC(=O)Nc1ccc(N)cn1. The number of nitrogen functional groups attached to an aromatic ring is 1. The molecule has 0 bridgehead atoms. The molecule has 15 heavy (non-hydrogen) atoms. The van der Waals surface area contributed by atoms with E-state index in [1.54, 1.807) is 19.2 Å². The number of hydrogen-bond acceptors (Lipinski definition) is 4. The maximum absolute atomic E-state index is 11.3. The fraction of sp³-hybridized carbons (Fsp3) is 0.400. The molecule has 0 saturated heterocycles. The molecule has 82 valence electrons. The second-order valence-electron chi connectivity index (χ2n) is 3.12. The van der Waals surface area contributed by atoms with Crippen molar-refractivity contribution in [1.82, 2.24) is 4.98 Å². The van der Waals surface area contributed by atoms with Crippen LogP contribution in [0.2, 0.25) is 0 Å². The molecule has 0 unspecified atom stereocenters. The van der Waals surface area contributed by atoms with E-state index < -0.39 is 0 Å². The maximum Gasteiger partial charge on any atom is 0.225 e. The van der Waals surface area contributed by atoms with E-state index in [0.29, 0.717) is 31.0 Å². The van der Waals surface area contributed by atoms with Crippen LogP contribution in [0.5, 0.6) is 0 Å². The number of nitrogens with zero attached hydrogens (tertiary/aromatic N) is 1. The van der Waals surface area contributed by atoms with E-state index in [-0.39, 0.29) is 5.91 Å². The molecule has 1 amide bonds. The van der Waals surface area contributed by atoms with Gasteiger partial charge in [-0.1, -0.05) is 0 Å². The summed E-state index contributed by atoms with van der Waals surface area (Å²) in [5.74, 6) is 0.455. The molecule has 0 aliphatic carbocycles. The number of carbonyl (C=O) groups is 1. The number of pyridine rings is 1. The normalized spacial score (nSPS) is 9.93. The molecule has 0 aromatic carbocycles. The number of ether oxygens (including phenoxy) is 1. The Morgan fingerprint density at radius 1 is 1.60 bits per heavy atom. The highest BCUT2D eigenvalue weighted by molar-refractivity contribution is 5.89. The summed E-state index contributed by atoms with van der Waals surface area (Å²) in [6.45, 7) is 0.586. The van der Waals surface area contributed by atoms with Crippen LogP contribution in [-0.4, -0.2) is 24.6 Å². The molecule has 0 fully saturated rings. The zero-order valence-corrected chi connectivity index (χ0v) is 8.69. The van der Waals surface area contributed by atoms with Crippen molar-refractivity contribution in [3.63, 3.8) is 0 Å². The minimum absolute atomic E-state index is 0.0654. The fourth-order valence-corrected chi connectivity index (χ4v) is 1.06. The molecule has 5 heteroatoms. The molecule has 0 spiro atoms. The lowest BCUT2D eigenvalue weighted by Gasteiger charge is -2.03. The molecule has 1 rings (SSSR count). The lowest BCUT2D eigenvalue weighted by atomic mass is 10.3. The van der Waals surface area contributed by atoms with Crippen molar-refractivity contribution in [3.8, 4) is 0 Å². The molecule has 0 atom stereocenters. The van der Waals surface area contributed by atoms with Gasteiger partial charge in [0.15, 0.2) is 0 Å². The number of carbonyl (C=O) groups excluding carboxylic acids is 1. The van der Waals surface area contributed by atoms with E-state index in [2.05, 4.69) is 10.3 Å².